The van der Waals surface area contributed by atoms with Crippen molar-refractivity contribution in [3.05, 3.63) is 35.4 Å². The summed E-state index contributed by atoms with van der Waals surface area (Å²) >= 11 is 0. The Morgan fingerprint density at radius 1 is 1.18 bits per heavy atom. The lowest BCUT2D eigenvalue weighted by molar-refractivity contribution is -0.138. The van der Waals surface area contributed by atoms with Gasteiger partial charge in [-0.1, -0.05) is 37.8 Å². The van der Waals surface area contributed by atoms with E-state index < -0.39 is 25.0 Å². The van der Waals surface area contributed by atoms with Gasteiger partial charge in [0.1, 0.15) is 5.22 Å². The summed E-state index contributed by atoms with van der Waals surface area (Å²) in [5.41, 5.74) is -0.244. The number of ether oxygens (including phenoxy) is 1. The molecule has 0 saturated carbocycles. The van der Waals surface area contributed by atoms with Gasteiger partial charge in [-0.05, 0) is 11.6 Å². The highest BCUT2D eigenvalue weighted by molar-refractivity contribution is 6.79. The van der Waals surface area contributed by atoms with Crippen LogP contribution in [-0.2, 0) is 16.1 Å². The lowest BCUT2D eigenvalue weighted by Gasteiger charge is -2.28. The Hall–Kier alpha value is -0.813. The van der Waals surface area contributed by atoms with Gasteiger partial charge in [-0.2, -0.15) is 13.2 Å². The zero-order valence-electron chi connectivity index (χ0n) is 10.1. The minimum Gasteiger partial charge on any atom is -0.369 e. The molecule has 1 aromatic rings. The molecule has 0 unspecified atom stereocenters. The highest BCUT2D eigenvalue weighted by atomic mass is 28.3. The molecule has 1 aliphatic heterocycles. The summed E-state index contributed by atoms with van der Waals surface area (Å²) in [6, 6.07) is 5.76. The molecule has 0 N–H and O–H groups in total. The lowest BCUT2D eigenvalue weighted by atomic mass is 10.0. The molecule has 5 heteroatoms. The maximum atomic E-state index is 13.0. The Kier molecular flexibility index (Phi) is 2.67. The van der Waals surface area contributed by atoms with Crippen LogP contribution < -0.4 is 0 Å². The van der Waals surface area contributed by atoms with Crippen molar-refractivity contribution in [2.45, 2.75) is 31.0 Å². The fourth-order valence-corrected chi connectivity index (χ4v) is 4.11. The van der Waals surface area contributed by atoms with Crippen LogP contribution in [0.5, 0.6) is 0 Å². The van der Waals surface area contributed by atoms with E-state index in [1.807, 2.05) is 19.6 Å². The Labute approximate surface area is 99.6 Å². The highest BCUT2D eigenvalue weighted by Gasteiger charge is 2.59. The fourth-order valence-electron chi connectivity index (χ4n) is 2.15. The van der Waals surface area contributed by atoms with Crippen molar-refractivity contribution in [2.24, 2.45) is 0 Å². The van der Waals surface area contributed by atoms with Crippen LogP contribution in [0.1, 0.15) is 11.1 Å². The van der Waals surface area contributed by atoms with Crippen LogP contribution in [0, 0.1) is 0 Å². The van der Waals surface area contributed by atoms with E-state index in [0.717, 1.165) is 6.07 Å². The van der Waals surface area contributed by atoms with Gasteiger partial charge in [0.05, 0.1) is 20.2 Å². The van der Waals surface area contributed by atoms with Crippen molar-refractivity contribution < 1.29 is 17.9 Å². The van der Waals surface area contributed by atoms with E-state index in [1.165, 1.54) is 6.07 Å². The second-order valence-corrected chi connectivity index (χ2v) is 10.7. The van der Waals surface area contributed by atoms with Gasteiger partial charge >= 0.3 is 6.18 Å². The summed E-state index contributed by atoms with van der Waals surface area (Å²) in [7, 11) is -1.85. The number of rotatable bonds is 2. The van der Waals surface area contributed by atoms with Crippen molar-refractivity contribution >= 4 is 8.07 Å². The van der Waals surface area contributed by atoms with Crippen LogP contribution in [0.4, 0.5) is 13.2 Å². The predicted octanol–water partition coefficient (Wildman–Crippen LogP) is 3.81. The monoisotopic (exact) mass is 260 g/mol. The minimum atomic E-state index is -4.31. The SMILES string of the molecule is C[Si](C)(C)[C@]1(c2ccccc2C(F)(F)F)CO1. The zero-order chi connectivity index (χ0) is 12.9. The van der Waals surface area contributed by atoms with Crippen LogP contribution in [-0.4, -0.2) is 14.7 Å². The molecule has 0 aromatic heterocycles. The summed E-state index contributed by atoms with van der Waals surface area (Å²) < 4.78 is 44.3. The molecule has 1 fully saturated rings. The van der Waals surface area contributed by atoms with Gasteiger partial charge in [0.2, 0.25) is 0 Å². The zero-order valence-corrected chi connectivity index (χ0v) is 11.1. The Morgan fingerprint density at radius 2 is 1.71 bits per heavy atom. The second-order valence-electron chi connectivity index (χ2n) is 5.41. The fraction of sp³-hybridized carbons (Fsp3) is 0.500. The number of hydrogen-bond acceptors (Lipinski definition) is 1. The van der Waals surface area contributed by atoms with E-state index in [0.29, 0.717) is 12.2 Å². The van der Waals surface area contributed by atoms with Crippen LogP contribution >= 0.6 is 0 Å². The number of alkyl halides is 3. The molecule has 1 heterocycles. The largest absolute Gasteiger partial charge is 0.416 e. The molecule has 1 saturated heterocycles. The molecule has 0 aliphatic carbocycles. The minimum absolute atomic E-state index is 0.312. The number of hydrogen-bond donors (Lipinski definition) is 0. The molecule has 17 heavy (non-hydrogen) atoms. The van der Waals surface area contributed by atoms with Gasteiger partial charge in [-0.15, -0.1) is 0 Å². The number of halogens is 3. The second kappa shape index (κ2) is 3.59. The van der Waals surface area contributed by atoms with Crippen LogP contribution in [0.2, 0.25) is 19.6 Å². The Morgan fingerprint density at radius 3 is 2.12 bits per heavy atom. The first-order chi connectivity index (χ1) is 7.68. The summed E-state index contributed by atoms with van der Waals surface area (Å²) in [6.45, 7) is 6.52. The first-order valence-electron chi connectivity index (χ1n) is 5.49. The van der Waals surface area contributed by atoms with E-state index >= 15 is 0 Å². The maximum absolute atomic E-state index is 13.0. The third-order valence-corrected chi connectivity index (χ3v) is 6.29. The summed E-state index contributed by atoms with van der Waals surface area (Å²) in [5, 5.41) is -0.654. The van der Waals surface area contributed by atoms with Gasteiger partial charge in [-0.3, -0.25) is 0 Å². The van der Waals surface area contributed by atoms with E-state index in [1.54, 1.807) is 12.1 Å². The van der Waals surface area contributed by atoms with Crippen LogP contribution in [0.15, 0.2) is 24.3 Å². The highest BCUT2D eigenvalue weighted by Crippen LogP contribution is 2.50. The summed E-state index contributed by atoms with van der Waals surface area (Å²) in [4.78, 5) is 0. The van der Waals surface area contributed by atoms with Crippen LogP contribution in [0.25, 0.3) is 0 Å². The molecule has 1 aromatic carbocycles. The molecule has 2 rings (SSSR count). The van der Waals surface area contributed by atoms with Gasteiger partial charge in [0.15, 0.2) is 0 Å². The van der Waals surface area contributed by atoms with E-state index in [-0.39, 0.29) is 0 Å². The van der Waals surface area contributed by atoms with E-state index in [9.17, 15) is 13.2 Å². The topological polar surface area (TPSA) is 12.5 Å². The van der Waals surface area contributed by atoms with Gasteiger partial charge in [0.25, 0.3) is 0 Å². The summed E-state index contributed by atoms with van der Waals surface area (Å²) in [5.74, 6) is 0. The predicted molar refractivity (Wildman–Crippen MR) is 62.4 cm³/mol. The molecule has 1 atom stereocenters. The average molecular weight is 260 g/mol. The normalized spacial score (nSPS) is 24.8. The van der Waals surface area contributed by atoms with E-state index in [2.05, 4.69) is 0 Å². The third-order valence-electron chi connectivity index (χ3n) is 3.31. The van der Waals surface area contributed by atoms with Crippen LogP contribution in [0.3, 0.4) is 0 Å². The molecule has 1 nitrogen and oxygen atoms in total. The van der Waals surface area contributed by atoms with Gasteiger partial charge in [0, 0.05) is 0 Å². The Balaban J connectivity index is 2.55. The molecule has 0 spiro atoms. The van der Waals surface area contributed by atoms with Gasteiger partial charge < -0.3 is 4.74 Å². The molecular formula is C12H15F3OSi. The molecule has 94 valence electrons. The average Bonchev–Trinajstić information content (AvgIpc) is 2.95. The van der Waals surface area contributed by atoms with Crippen molar-refractivity contribution in [1.82, 2.24) is 0 Å². The molecule has 0 radical (unpaired) electrons. The molecule has 0 bridgehead atoms. The van der Waals surface area contributed by atoms with Crippen molar-refractivity contribution in [2.75, 3.05) is 6.61 Å². The lowest BCUT2D eigenvalue weighted by Crippen LogP contribution is -2.41. The standard InChI is InChI=1S/C12H15F3OSi/c1-17(2,3)11(8-16-11)9-6-4-5-7-10(9)12(13,14)15/h4-7H,8H2,1-3H3/t11-/m0/s1. The Bertz CT molecular complexity index is 430. The maximum Gasteiger partial charge on any atom is 0.416 e. The first-order valence-corrected chi connectivity index (χ1v) is 8.99. The van der Waals surface area contributed by atoms with Crippen molar-refractivity contribution in [3.63, 3.8) is 0 Å². The van der Waals surface area contributed by atoms with E-state index in [4.69, 9.17) is 4.74 Å². The molecule has 1 aliphatic rings. The first kappa shape index (κ1) is 12.6. The quantitative estimate of drug-likeness (QED) is 0.582. The van der Waals surface area contributed by atoms with Crippen molar-refractivity contribution in [1.29, 1.82) is 0 Å². The summed E-state index contributed by atoms with van der Waals surface area (Å²) in [6.07, 6.45) is -4.31. The van der Waals surface area contributed by atoms with Gasteiger partial charge in [-0.25, -0.2) is 0 Å². The number of epoxide rings is 1. The van der Waals surface area contributed by atoms with Crippen molar-refractivity contribution in [3.8, 4) is 0 Å². The molecular weight excluding hydrogens is 245 g/mol. The number of benzene rings is 1. The molecule has 0 amide bonds. The third kappa shape index (κ3) is 2.02. The smallest absolute Gasteiger partial charge is 0.369 e.